The molecule has 0 aromatic heterocycles. The number of carbonyl (C=O) groups excluding carboxylic acids is 2. The molecule has 3 atom stereocenters. The Morgan fingerprint density at radius 1 is 0.424 bits per heavy atom. The summed E-state index contributed by atoms with van der Waals surface area (Å²) in [5, 5.41) is 23.7. The highest BCUT2D eigenvalue weighted by Gasteiger charge is 2.24. The molecule has 0 aliphatic heterocycles. The van der Waals surface area contributed by atoms with Crippen molar-refractivity contribution in [3.8, 4) is 0 Å². The Hall–Kier alpha value is -1.14. The van der Waals surface area contributed by atoms with Crippen LogP contribution in [0.1, 0.15) is 303 Å². The molecule has 0 radical (unpaired) electrons. The van der Waals surface area contributed by atoms with Crippen molar-refractivity contribution < 1.29 is 24.5 Å². The number of ether oxygens (including phenoxy) is 1. The SMILES string of the molecule is CCCCCCCCCCCCCCCCCCCC(=O)OC(CCCCCCCCCCCCCCCC)CC(=O)NC(CO)C(O)CCCCCCCCCCC. The molecule has 6 nitrogen and oxygen atoms in total. The molecule has 352 valence electrons. The number of hydrogen-bond donors (Lipinski definition) is 3. The van der Waals surface area contributed by atoms with Crippen molar-refractivity contribution in [2.75, 3.05) is 6.61 Å². The molecule has 59 heavy (non-hydrogen) atoms. The van der Waals surface area contributed by atoms with Crippen LogP contribution in [0.2, 0.25) is 0 Å². The van der Waals surface area contributed by atoms with E-state index in [2.05, 4.69) is 26.1 Å². The molecule has 6 heteroatoms. The van der Waals surface area contributed by atoms with Crippen LogP contribution in [0.4, 0.5) is 0 Å². The van der Waals surface area contributed by atoms with Gasteiger partial charge in [-0.1, -0.05) is 265 Å². The maximum absolute atomic E-state index is 13.2. The molecular weight excluding hydrogens is 731 g/mol. The summed E-state index contributed by atoms with van der Waals surface area (Å²) in [6.07, 6.45) is 51.7. The molecule has 0 aliphatic carbocycles. The normalized spacial score (nSPS) is 13.1. The standard InChI is InChI=1S/C53H105NO5/c1-4-7-10-13-16-19-21-23-25-26-27-29-31-34-37-40-43-46-53(58)59-49(44-41-38-35-33-30-28-24-22-20-17-14-11-8-5-2)47-52(57)54-50(48-55)51(56)45-42-39-36-32-18-15-12-9-6-3/h49-51,55-56H,4-48H2,1-3H3,(H,54,57). The number of esters is 1. The Balaban J connectivity index is 4.47. The minimum Gasteiger partial charge on any atom is -0.462 e. The maximum Gasteiger partial charge on any atom is 0.306 e. The molecule has 0 fully saturated rings. The zero-order valence-electron chi connectivity index (χ0n) is 40.2. The summed E-state index contributed by atoms with van der Waals surface area (Å²) in [7, 11) is 0. The number of unbranched alkanes of at least 4 members (excludes halogenated alkanes) is 37. The minimum atomic E-state index is -0.778. The number of amides is 1. The van der Waals surface area contributed by atoms with Gasteiger partial charge in [0.25, 0.3) is 0 Å². The fourth-order valence-corrected chi connectivity index (χ4v) is 8.61. The Bertz CT molecular complexity index is 852. The van der Waals surface area contributed by atoms with Gasteiger partial charge in [0.1, 0.15) is 6.10 Å². The number of rotatable bonds is 49. The predicted octanol–water partition coefficient (Wildman–Crippen LogP) is 16.0. The van der Waals surface area contributed by atoms with Crippen LogP contribution in [0.15, 0.2) is 0 Å². The quantitative estimate of drug-likeness (QED) is 0.0419. The van der Waals surface area contributed by atoms with Crippen LogP contribution in [-0.4, -0.2) is 46.9 Å². The van der Waals surface area contributed by atoms with E-state index in [0.717, 1.165) is 38.5 Å². The van der Waals surface area contributed by atoms with E-state index in [1.807, 2.05) is 0 Å². The summed E-state index contributed by atoms with van der Waals surface area (Å²) in [5.74, 6) is -0.450. The highest BCUT2D eigenvalue weighted by Crippen LogP contribution is 2.19. The smallest absolute Gasteiger partial charge is 0.306 e. The summed E-state index contributed by atoms with van der Waals surface area (Å²) < 4.78 is 5.95. The van der Waals surface area contributed by atoms with Gasteiger partial charge in [-0.3, -0.25) is 9.59 Å². The molecule has 0 spiro atoms. The molecule has 0 aliphatic rings. The third-order valence-corrected chi connectivity index (χ3v) is 12.7. The van der Waals surface area contributed by atoms with Crippen molar-refractivity contribution in [1.29, 1.82) is 0 Å². The first-order chi connectivity index (χ1) is 29.0. The Labute approximate surface area is 368 Å². The number of aliphatic hydroxyl groups is 2. The van der Waals surface area contributed by atoms with Crippen molar-refractivity contribution in [3.63, 3.8) is 0 Å². The predicted molar refractivity (Wildman–Crippen MR) is 255 cm³/mol. The topological polar surface area (TPSA) is 95.9 Å². The average Bonchev–Trinajstić information content (AvgIpc) is 3.23. The fourth-order valence-electron chi connectivity index (χ4n) is 8.61. The monoisotopic (exact) mass is 836 g/mol. The van der Waals surface area contributed by atoms with Gasteiger partial charge < -0.3 is 20.3 Å². The Morgan fingerprint density at radius 2 is 0.712 bits per heavy atom. The van der Waals surface area contributed by atoms with E-state index in [0.29, 0.717) is 19.3 Å². The lowest BCUT2D eigenvalue weighted by Gasteiger charge is -2.24. The van der Waals surface area contributed by atoms with Crippen LogP contribution in [0.3, 0.4) is 0 Å². The molecule has 0 rings (SSSR count). The first-order valence-electron chi connectivity index (χ1n) is 26.8. The van der Waals surface area contributed by atoms with E-state index >= 15 is 0 Å². The van der Waals surface area contributed by atoms with Gasteiger partial charge in [-0.05, 0) is 25.7 Å². The summed E-state index contributed by atoms with van der Waals surface area (Å²) >= 11 is 0. The lowest BCUT2D eigenvalue weighted by Crippen LogP contribution is -2.46. The third kappa shape index (κ3) is 43.3. The van der Waals surface area contributed by atoms with Gasteiger partial charge in [-0.15, -0.1) is 0 Å². The average molecular weight is 836 g/mol. The van der Waals surface area contributed by atoms with Gasteiger partial charge in [-0.25, -0.2) is 0 Å². The first kappa shape index (κ1) is 57.9. The third-order valence-electron chi connectivity index (χ3n) is 12.7. The van der Waals surface area contributed by atoms with E-state index in [1.165, 1.54) is 218 Å². The molecular formula is C53H105NO5. The van der Waals surface area contributed by atoms with Crippen LogP contribution in [0.25, 0.3) is 0 Å². The van der Waals surface area contributed by atoms with Gasteiger partial charge in [-0.2, -0.15) is 0 Å². The molecule has 0 saturated heterocycles. The van der Waals surface area contributed by atoms with Crippen LogP contribution in [0, 0.1) is 0 Å². The molecule has 3 unspecified atom stereocenters. The zero-order chi connectivity index (χ0) is 43.1. The lowest BCUT2D eigenvalue weighted by molar-refractivity contribution is -0.151. The number of aliphatic hydroxyl groups excluding tert-OH is 2. The second kappa shape index (κ2) is 47.9. The first-order valence-corrected chi connectivity index (χ1v) is 26.8. The van der Waals surface area contributed by atoms with Crippen LogP contribution >= 0.6 is 0 Å². The number of carbonyl (C=O) groups is 2. The molecule has 0 aromatic carbocycles. The van der Waals surface area contributed by atoms with Crippen molar-refractivity contribution in [1.82, 2.24) is 5.32 Å². The summed E-state index contributed by atoms with van der Waals surface area (Å²) in [6, 6.07) is -0.691. The van der Waals surface area contributed by atoms with E-state index in [-0.39, 0.29) is 24.9 Å². The summed E-state index contributed by atoms with van der Waals surface area (Å²) in [5.41, 5.74) is 0. The Kier molecular flexibility index (Phi) is 47.0. The number of nitrogens with one attached hydrogen (secondary N) is 1. The van der Waals surface area contributed by atoms with Gasteiger partial charge in [0.05, 0.1) is 25.2 Å². The maximum atomic E-state index is 13.2. The van der Waals surface area contributed by atoms with Crippen molar-refractivity contribution in [2.45, 2.75) is 322 Å². The van der Waals surface area contributed by atoms with Gasteiger partial charge in [0.2, 0.25) is 5.91 Å². The highest BCUT2D eigenvalue weighted by molar-refractivity contribution is 5.77. The second-order valence-corrected chi connectivity index (χ2v) is 18.6. The fraction of sp³-hybridized carbons (Fsp3) is 0.962. The van der Waals surface area contributed by atoms with Crippen molar-refractivity contribution in [2.24, 2.45) is 0 Å². The molecule has 0 bridgehead atoms. The number of hydrogen-bond acceptors (Lipinski definition) is 5. The largest absolute Gasteiger partial charge is 0.462 e. The highest BCUT2D eigenvalue weighted by atomic mass is 16.5. The van der Waals surface area contributed by atoms with Crippen molar-refractivity contribution in [3.05, 3.63) is 0 Å². The summed E-state index contributed by atoms with van der Waals surface area (Å²) in [6.45, 7) is 6.50. The molecule has 3 N–H and O–H groups in total. The zero-order valence-corrected chi connectivity index (χ0v) is 40.2. The Morgan fingerprint density at radius 3 is 1.03 bits per heavy atom. The molecule has 0 aromatic rings. The van der Waals surface area contributed by atoms with E-state index < -0.39 is 18.2 Å². The molecule has 0 heterocycles. The van der Waals surface area contributed by atoms with E-state index in [1.54, 1.807) is 0 Å². The van der Waals surface area contributed by atoms with Gasteiger partial charge in [0.15, 0.2) is 0 Å². The minimum absolute atomic E-state index is 0.0878. The van der Waals surface area contributed by atoms with E-state index in [4.69, 9.17) is 4.74 Å². The summed E-state index contributed by atoms with van der Waals surface area (Å²) in [4.78, 5) is 26.1. The van der Waals surface area contributed by atoms with Crippen LogP contribution < -0.4 is 5.32 Å². The second-order valence-electron chi connectivity index (χ2n) is 18.6. The lowest BCUT2D eigenvalue weighted by atomic mass is 10.0. The van der Waals surface area contributed by atoms with Crippen LogP contribution in [0.5, 0.6) is 0 Å². The molecule has 0 saturated carbocycles. The van der Waals surface area contributed by atoms with E-state index in [9.17, 15) is 19.8 Å². The van der Waals surface area contributed by atoms with Crippen LogP contribution in [-0.2, 0) is 14.3 Å². The van der Waals surface area contributed by atoms with Gasteiger partial charge >= 0.3 is 5.97 Å². The molecule has 1 amide bonds. The van der Waals surface area contributed by atoms with Gasteiger partial charge in [0, 0.05) is 6.42 Å². The van der Waals surface area contributed by atoms with Crippen molar-refractivity contribution >= 4 is 11.9 Å².